The van der Waals surface area contributed by atoms with Gasteiger partial charge in [0.1, 0.15) is 5.82 Å². The van der Waals surface area contributed by atoms with Gasteiger partial charge in [-0.2, -0.15) is 0 Å². The second kappa shape index (κ2) is 8.00. The zero-order valence-corrected chi connectivity index (χ0v) is 16.9. The first kappa shape index (κ1) is 20.2. The van der Waals surface area contributed by atoms with Gasteiger partial charge >= 0.3 is 5.97 Å². The molecule has 2 nitrogen and oxygen atoms in total. The van der Waals surface area contributed by atoms with E-state index in [0.717, 1.165) is 38.7 Å². The average molecular weight is 404 g/mol. The Kier molecular flexibility index (Phi) is 5.58. The molecule has 2 aromatic carbocycles. The molecule has 0 spiro atoms. The van der Waals surface area contributed by atoms with Crippen LogP contribution in [0, 0.1) is 35.2 Å². The summed E-state index contributed by atoms with van der Waals surface area (Å²) in [4.78, 5) is 11.7. The molecule has 2 aromatic rings. The van der Waals surface area contributed by atoms with Gasteiger partial charge < -0.3 is 4.74 Å². The lowest BCUT2D eigenvalue weighted by molar-refractivity contribution is 0.0596. The molecule has 0 amide bonds. The second-order valence-electron chi connectivity index (χ2n) is 8.73. The summed E-state index contributed by atoms with van der Waals surface area (Å²) in [5.41, 5.74) is -0.0458. The number of methoxy groups -OCH3 is 1. The fourth-order valence-corrected chi connectivity index (χ4v) is 5.61. The molecule has 0 aliphatic heterocycles. The van der Waals surface area contributed by atoms with Gasteiger partial charge in [0.15, 0.2) is 11.6 Å². The molecule has 4 atom stereocenters. The van der Waals surface area contributed by atoms with Crippen LogP contribution in [0.1, 0.15) is 73.7 Å². The lowest BCUT2D eigenvalue weighted by Gasteiger charge is -2.42. The molecule has 0 radical (unpaired) electrons. The van der Waals surface area contributed by atoms with E-state index in [0.29, 0.717) is 17.4 Å². The third kappa shape index (κ3) is 3.53. The Hall–Kier alpha value is -2.04. The number of ether oxygens (including phenoxy) is 1. The second-order valence-corrected chi connectivity index (χ2v) is 8.73. The van der Waals surface area contributed by atoms with Crippen molar-refractivity contribution in [2.24, 2.45) is 17.8 Å². The minimum Gasteiger partial charge on any atom is -0.465 e. The highest BCUT2D eigenvalue weighted by atomic mass is 19.2. The first-order chi connectivity index (χ1) is 13.9. The highest BCUT2D eigenvalue weighted by molar-refractivity contribution is 5.96. The van der Waals surface area contributed by atoms with Crippen molar-refractivity contribution in [2.75, 3.05) is 7.11 Å². The number of carbonyl (C=O) groups excluding carboxylic acids is 1. The molecule has 5 heteroatoms. The van der Waals surface area contributed by atoms with Crippen LogP contribution in [-0.4, -0.2) is 13.1 Å². The molecule has 29 heavy (non-hydrogen) atoms. The Bertz CT molecular complexity index is 940. The summed E-state index contributed by atoms with van der Waals surface area (Å²) >= 11 is 0. The van der Waals surface area contributed by atoms with Gasteiger partial charge in [-0.05, 0) is 78.9 Å². The molecular weight excluding hydrogens is 377 g/mol. The summed E-state index contributed by atoms with van der Waals surface area (Å²) < 4.78 is 49.1. The molecule has 2 aliphatic rings. The van der Waals surface area contributed by atoms with Crippen molar-refractivity contribution in [3.63, 3.8) is 0 Å². The highest BCUT2D eigenvalue weighted by Gasteiger charge is 2.37. The number of carbonyl (C=O) groups is 1. The maximum absolute atomic E-state index is 15.0. The maximum Gasteiger partial charge on any atom is 0.340 e. The van der Waals surface area contributed by atoms with Crippen molar-refractivity contribution >= 4 is 16.7 Å². The maximum atomic E-state index is 15.0. The quantitative estimate of drug-likeness (QED) is 0.529. The topological polar surface area (TPSA) is 26.3 Å². The summed E-state index contributed by atoms with van der Waals surface area (Å²) in [6.07, 6.45) is 7.60. The molecule has 2 unspecified atom stereocenters. The molecule has 0 aromatic heterocycles. The molecule has 156 valence electrons. The van der Waals surface area contributed by atoms with Crippen LogP contribution >= 0.6 is 0 Å². The minimum absolute atomic E-state index is 0.0447. The fourth-order valence-electron chi connectivity index (χ4n) is 5.61. The lowest BCUT2D eigenvalue weighted by atomic mass is 9.63. The van der Waals surface area contributed by atoms with Gasteiger partial charge in [-0.3, -0.25) is 0 Å². The van der Waals surface area contributed by atoms with Gasteiger partial charge in [0.2, 0.25) is 0 Å². The lowest BCUT2D eigenvalue weighted by Crippen LogP contribution is -2.30. The van der Waals surface area contributed by atoms with Crippen molar-refractivity contribution in [1.29, 1.82) is 0 Å². The number of hydrogen-bond donors (Lipinski definition) is 0. The highest BCUT2D eigenvalue weighted by Crippen LogP contribution is 2.49. The van der Waals surface area contributed by atoms with Crippen LogP contribution in [0.25, 0.3) is 10.8 Å². The summed E-state index contributed by atoms with van der Waals surface area (Å²) in [7, 11) is 1.12. The number of fused-ring (bicyclic) bond motifs is 2. The molecule has 0 bridgehead atoms. The first-order valence-electron chi connectivity index (χ1n) is 10.6. The summed E-state index contributed by atoms with van der Waals surface area (Å²) in [5.74, 6) is -2.16. The molecule has 2 aliphatic carbocycles. The largest absolute Gasteiger partial charge is 0.465 e. The van der Waals surface area contributed by atoms with Gasteiger partial charge in [-0.15, -0.1) is 0 Å². The van der Waals surface area contributed by atoms with E-state index in [1.165, 1.54) is 31.4 Å². The van der Waals surface area contributed by atoms with Crippen molar-refractivity contribution in [2.45, 2.75) is 57.8 Å². The summed E-state index contributed by atoms with van der Waals surface area (Å²) in [6, 6.07) is 4.31. The zero-order chi connectivity index (χ0) is 20.7. The van der Waals surface area contributed by atoms with E-state index >= 15 is 0 Å². The summed E-state index contributed by atoms with van der Waals surface area (Å²) in [5, 5.41) is -0.202. The molecule has 0 heterocycles. The number of hydrogen-bond acceptors (Lipinski definition) is 2. The van der Waals surface area contributed by atoms with E-state index in [1.807, 2.05) is 0 Å². The molecule has 2 saturated carbocycles. The third-order valence-corrected chi connectivity index (χ3v) is 7.29. The Balaban J connectivity index is 1.67. The van der Waals surface area contributed by atoms with E-state index in [1.54, 1.807) is 6.07 Å². The fraction of sp³-hybridized carbons (Fsp3) is 0.542. The van der Waals surface area contributed by atoms with Crippen molar-refractivity contribution in [1.82, 2.24) is 0 Å². The van der Waals surface area contributed by atoms with E-state index < -0.39 is 28.8 Å². The van der Waals surface area contributed by atoms with Crippen molar-refractivity contribution in [3.8, 4) is 0 Å². The third-order valence-electron chi connectivity index (χ3n) is 7.29. The van der Waals surface area contributed by atoms with E-state index in [4.69, 9.17) is 0 Å². The molecule has 0 saturated heterocycles. The van der Waals surface area contributed by atoms with Gasteiger partial charge in [-0.25, -0.2) is 18.0 Å². The number of rotatable bonds is 3. The van der Waals surface area contributed by atoms with Crippen LogP contribution in [0.5, 0.6) is 0 Å². The van der Waals surface area contributed by atoms with Crippen LogP contribution in [0.15, 0.2) is 18.2 Å². The zero-order valence-electron chi connectivity index (χ0n) is 16.9. The Labute approximate surface area is 169 Å². The van der Waals surface area contributed by atoms with Crippen LogP contribution in [-0.2, 0) is 4.74 Å². The minimum atomic E-state index is -1.21. The van der Waals surface area contributed by atoms with Gasteiger partial charge in [0.05, 0.1) is 18.1 Å². The van der Waals surface area contributed by atoms with Crippen molar-refractivity contribution in [3.05, 3.63) is 46.8 Å². The van der Waals surface area contributed by atoms with Gasteiger partial charge in [-0.1, -0.05) is 25.8 Å². The van der Waals surface area contributed by atoms with E-state index in [-0.39, 0.29) is 16.9 Å². The molecule has 2 fully saturated rings. The SMILES string of the molecule is CCC1CC[C@@H]2CC(c3cc4ccc(C(=O)OC)c(F)c4c(F)c3F)CC[C@H]2C1. The Morgan fingerprint density at radius 3 is 2.45 bits per heavy atom. The number of benzene rings is 2. The number of esters is 1. The number of halogens is 3. The molecule has 0 N–H and O–H groups in total. The predicted octanol–water partition coefficient (Wildman–Crippen LogP) is 6.75. The monoisotopic (exact) mass is 404 g/mol. The van der Waals surface area contributed by atoms with Gasteiger partial charge in [0.25, 0.3) is 0 Å². The van der Waals surface area contributed by atoms with Crippen LogP contribution < -0.4 is 0 Å². The Morgan fingerprint density at radius 2 is 1.72 bits per heavy atom. The van der Waals surface area contributed by atoms with Crippen LogP contribution in [0.4, 0.5) is 13.2 Å². The van der Waals surface area contributed by atoms with Crippen LogP contribution in [0.2, 0.25) is 0 Å². The van der Waals surface area contributed by atoms with Crippen LogP contribution in [0.3, 0.4) is 0 Å². The average Bonchev–Trinajstić information content (AvgIpc) is 2.74. The normalized spacial score (nSPS) is 26.9. The Morgan fingerprint density at radius 1 is 1.00 bits per heavy atom. The molecule has 4 rings (SSSR count). The molecular formula is C24H27F3O2. The standard InChI is InChI=1S/C24H27F3O2/c1-3-13-4-5-15-11-16(7-6-14(15)10-13)19-12-17-8-9-18(24(28)29-2)21(25)20(17)23(27)22(19)26/h8-9,12-16H,3-7,10-11H2,1-2H3/t13?,14-,15+,16?/m0/s1. The summed E-state index contributed by atoms with van der Waals surface area (Å²) in [6.45, 7) is 2.24. The van der Waals surface area contributed by atoms with E-state index in [2.05, 4.69) is 11.7 Å². The smallest absolute Gasteiger partial charge is 0.340 e. The van der Waals surface area contributed by atoms with E-state index in [9.17, 15) is 18.0 Å². The first-order valence-corrected chi connectivity index (χ1v) is 10.6. The predicted molar refractivity (Wildman–Crippen MR) is 106 cm³/mol. The van der Waals surface area contributed by atoms with Gasteiger partial charge in [0, 0.05) is 0 Å². The van der Waals surface area contributed by atoms with Crippen molar-refractivity contribution < 1.29 is 22.7 Å².